The van der Waals surface area contributed by atoms with Crippen molar-refractivity contribution in [2.24, 2.45) is 10.6 Å². The monoisotopic (exact) mass is 177 g/mol. The lowest BCUT2D eigenvalue weighted by atomic mass is 9.91. The predicted molar refractivity (Wildman–Crippen MR) is 49.2 cm³/mol. The Labute approximate surface area is 73.6 Å². The van der Waals surface area contributed by atoms with E-state index in [0.29, 0.717) is 12.5 Å². The van der Waals surface area contributed by atoms with Crippen LogP contribution < -0.4 is 0 Å². The van der Waals surface area contributed by atoms with E-state index in [2.05, 4.69) is 25.9 Å². The Morgan fingerprint density at radius 3 is 2.27 bits per heavy atom. The van der Waals surface area contributed by atoms with Gasteiger partial charge in [-0.1, -0.05) is 25.9 Å². The van der Waals surface area contributed by atoms with E-state index in [-0.39, 0.29) is 5.41 Å². The van der Waals surface area contributed by atoms with Gasteiger partial charge in [0.05, 0.1) is 11.6 Å². The van der Waals surface area contributed by atoms with Crippen molar-refractivity contribution in [3.05, 3.63) is 0 Å². The molecule has 0 bridgehead atoms. The van der Waals surface area contributed by atoms with Gasteiger partial charge in [-0.25, -0.2) is 0 Å². The minimum Gasteiger partial charge on any atom is -0.396 e. The highest BCUT2D eigenvalue weighted by Gasteiger charge is 2.18. The van der Waals surface area contributed by atoms with Gasteiger partial charge in [0.25, 0.3) is 0 Å². The fraction of sp³-hybridized carbons (Fsp3) is 0.875. The SMILES string of the molecule is CCON=C(CCl)C(C)(C)C. The fourth-order valence-electron chi connectivity index (χ4n) is 0.504. The van der Waals surface area contributed by atoms with E-state index in [0.717, 1.165) is 5.71 Å². The van der Waals surface area contributed by atoms with Crippen LogP contribution in [0.4, 0.5) is 0 Å². The lowest BCUT2D eigenvalue weighted by molar-refractivity contribution is 0.155. The molecule has 0 rings (SSSR count). The van der Waals surface area contributed by atoms with Crippen LogP contribution in [0.1, 0.15) is 27.7 Å². The van der Waals surface area contributed by atoms with Gasteiger partial charge in [0.15, 0.2) is 0 Å². The maximum Gasteiger partial charge on any atom is 0.114 e. The maximum absolute atomic E-state index is 5.68. The Morgan fingerprint density at radius 1 is 1.45 bits per heavy atom. The predicted octanol–water partition coefficient (Wildman–Crippen LogP) is 2.66. The molecular weight excluding hydrogens is 162 g/mol. The van der Waals surface area contributed by atoms with Gasteiger partial charge in [-0.05, 0) is 6.92 Å². The molecule has 0 unspecified atom stereocenters. The molecule has 0 aromatic heterocycles. The smallest absolute Gasteiger partial charge is 0.114 e. The van der Waals surface area contributed by atoms with Gasteiger partial charge in [0, 0.05) is 5.41 Å². The standard InChI is InChI=1S/C8H16ClNO/c1-5-11-10-7(6-9)8(2,3)4/h5-6H2,1-4H3. The molecule has 0 aliphatic rings. The third kappa shape index (κ3) is 4.25. The zero-order valence-electron chi connectivity index (χ0n) is 7.65. The van der Waals surface area contributed by atoms with E-state index in [1.165, 1.54) is 0 Å². The highest BCUT2D eigenvalue weighted by molar-refractivity contribution is 6.29. The number of hydrogen-bond donors (Lipinski definition) is 0. The van der Waals surface area contributed by atoms with E-state index in [4.69, 9.17) is 16.4 Å². The van der Waals surface area contributed by atoms with Crippen molar-refractivity contribution in [2.75, 3.05) is 12.5 Å². The van der Waals surface area contributed by atoms with Crippen molar-refractivity contribution in [2.45, 2.75) is 27.7 Å². The summed E-state index contributed by atoms with van der Waals surface area (Å²) in [5.41, 5.74) is 0.901. The first-order valence-corrected chi connectivity index (χ1v) is 4.31. The van der Waals surface area contributed by atoms with E-state index < -0.39 is 0 Å². The van der Waals surface area contributed by atoms with E-state index in [1.54, 1.807) is 0 Å². The number of rotatable bonds is 3. The first-order valence-electron chi connectivity index (χ1n) is 3.77. The molecule has 0 radical (unpaired) electrons. The van der Waals surface area contributed by atoms with E-state index in [9.17, 15) is 0 Å². The van der Waals surface area contributed by atoms with Crippen LogP contribution >= 0.6 is 11.6 Å². The Kier molecular flexibility index (Phi) is 4.50. The highest BCUT2D eigenvalue weighted by atomic mass is 35.5. The summed E-state index contributed by atoms with van der Waals surface area (Å²) in [6, 6.07) is 0. The molecule has 11 heavy (non-hydrogen) atoms. The van der Waals surface area contributed by atoms with Gasteiger partial charge in [0.1, 0.15) is 6.61 Å². The van der Waals surface area contributed by atoms with Crippen LogP contribution in [0.3, 0.4) is 0 Å². The highest BCUT2D eigenvalue weighted by Crippen LogP contribution is 2.17. The maximum atomic E-state index is 5.68. The van der Waals surface area contributed by atoms with Crippen molar-refractivity contribution < 1.29 is 4.84 Å². The zero-order chi connectivity index (χ0) is 8.91. The molecule has 0 aromatic rings. The Balaban J connectivity index is 4.16. The summed E-state index contributed by atoms with van der Waals surface area (Å²) in [4.78, 5) is 4.92. The topological polar surface area (TPSA) is 21.6 Å². The number of oxime groups is 1. The summed E-state index contributed by atoms with van der Waals surface area (Å²) < 4.78 is 0. The minimum absolute atomic E-state index is 0.0108. The second kappa shape index (κ2) is 4.60. The molecule has 0 aromatic carbocycles. The van der Waals surface area contributed by atoms with Crippen molar-refractivity contribution >= 4 is 17.3 Å². The van der Waals surface area contributed by atoms with Crippen LogP contribution in [-0.2, 0) is 4.84 Å². The van der Waals surface area contributed by atoms with Gasteiger partial charge in [-0.15, -0.1) is 11.6 Å². The normalized spacial score (nSPS) is 13.4. The molecule has 0 heterocycles. The average Bonchev–Trinajstić information content (AvgIpc) is 1.87. The van der Waals surface area contributed by atoms with Gasteiger partial charge >= 0.3 is 0 Å². The van der Waals surface area contributed by atoms with Crippen LogP contribution in [0.2, 0.25) is 0 Å². The van der Waals surface area contributed by atoms with Crippen molar-refractivity contribution in [3.8, 4) is 0 Å². The summed E-state index contributed by atoms with van der Waals surface area (Å²) in [5, 5.41) is 3.92. The first-order chi connectivity index (χ1) is 5.02. The van der Waals surface area contributed by atoms with Crippen LogP contribution in [0, 0.1) is 5.41 Å². The van der Waals surface area contributed by atoms with Gasteiger partial charge < -0.3 is 4.84 Å². The lowest BCUT2D eigenvalue weighted by Gasteiger charge is -2.18. The van der Waals surface area contributed by atoms with Gasteiger partial charge in [-0.2, -0.15) is 0 Å². The largest absolute Gasteiger partial charge is 0.396 e. The molecule has 66 valence electrons. The molecule has 2 nitrogen and oxygen atoms in total. The molecule has 0 fully saturated rings. The molecule has 3 heteroatoms. The fourth-order valence-corrected chi connectivity index (χ4v) is 0.954. The van der Waals surface area contributed by atoms with Crippen LogP contribution in [0.15, 0.2) is 5.16 Å². The lowest BCUT2D eigenvalue weighted by Crippen LogP contribution is -2.22. The molecule has 0 saturated carbocycles. The quantitative estimate of drug-likeness (QED) is 0.369. The molecule has 0 aliphatic carbocycles. The zero-order valence-corrected chi connectivity index (χ0v) is 8.40. The third-order valence-corrected chi connectivity index (χ3v) is 1.55. The second-order valence-corrected chi connectivity index (χ2v) is 3.61. The van der Waals surface area contributed by atoms with E-state index >= 15 is 0 Å². The molecule has 0 atom stereocenters. The molecule has 0 spiro atoms. The van der Waals surface area contributed by atoms with Gasteiger partial charge in [0.2, 0.25) is 0 Å². The Morgan fingerprint density at radius 2 is 2.00 bits per heavy atom. The van der Waals surface area contributed by atoms with Crippen molar-refractivity contribution in [3.63, 3.8) is 0 Å². The molecule has 0 N–H and O–H groups in total. The summed E-state index contributed by atoms with van der Waals surface area (Å²) in [5.74, 6) is 0.434. The molecule has 0 amide bonds. The third-order valence-electron chi connectivity index (χ3n) is 1.30. The Hall–Kier alpha value is -0.240. The number of nitrogens with zero attached hydrogens (tertiary/aromatic N) is 1. The summed E-state index contributed by atoms with van der Waals surface area (Å²) in [6.07, 6.45) is 0. The summed E-state index contributed by atoms with van der Waals surface area (Å²) in [6.45, 7) is 8.68. The van der Waals surface area contributed by atoms with E-state index in [1.807, 2.05) is 6.92 Å². The average molecular weight is 178 g/mol. The van der Waals surface area contributed by atoms with Crippen molar-refractivity contribution in [1.82, 2.24) is 0 Å². The van der Waals surface area contributed by atoms with Crippen LogP contribution in [-0.4, -0.2) is 18.2 Å². The second-order valence-electron chi connectivity index (χ2n) is 3.34. The number of hydrogen-bond acceptors (Lipinski definition) is 2. The van der Waals surface area contributed by atoms with Crippen LogP contribution in [0.5, 0.6) is 0 Å². The summed E-state index contributed by atoms with van der Waals surface area (Å²) in [7, 11) is 0. The first kappa shape index (κ1) is 10.8. The summed E-state index contributed by atoms with van der Waals surface area (Å²) >= 11 is 5.68. The van der Waals surface area contributed by atoms with Gasteiger partial charge in [-0.3, -0.25) is 0 Å². The number of alkyl halides is 1. The van der Waals surface area contributed by atoms with Crippen LogP contribution in [0.25, 0.3) is 0 Å². The number of halogens is 1. The molecule has 0 saturated heterocycles. The molecular formula is C8H16ClNO. The molecule has 0 aliphatic heterocycles. The Bertz CT molecular complexity index is 138. The minimum atomic E-state index is 0.0108. The van der Waals surface area contributed by atoms with Crippen molar-refractivity contribution in [1.29, 1.82) is 0 Å².